The van der Waals surface area contributed by atoms with Crippen LogP contribution in [-0.2, 0) is 14.2 Å². The van der Waals surface area contributed by atoms with Crippen molar-refractivity contribution >= 4 is 24.9 Å². The lowest BCUT2D eigenvalue weighted by atomic mass is 10.0. The molecule has 0 radical (unpaired) electrons. The summed E-state index contributed by atoms with van der Waals surface area (Å²) in [7, 11) is -2.11. The Morgan fingerprint density at radius 2 is 1.22 bits per heavy atom. The maximum absolute atomic E-state index is 11.8. The van der Waals surface area contributed by atoms with Crippen molar-refractivity contribution in [2.24, 2.45) is 0 Å². The molecule has 1 atom stereocenters. The van der Waals surface area contributed by atoms with Crippen molar-refractivity contribution in [1.29, 1.82) is 0 Å². The van der Waals surface area contributed by atoms with Crippen molar-refractivity contribution in [1.82, 2.24) is 0 Å². The summed E-state index contributed by atoms with van der Waals surface area (Å²) in [6.45, 7) is 0. The van der Waals surface area contributed by atoms with Gasteiger partial charge in [0.05, 0.1) is 5.30 Å². The molecule has 1 aliphatic heterocycles. The summed E-state index contributed by atoms with van der Waals surface area (Å²) in [6, 6.07) is 15.4. The first-order valence-corrected chi connectivity index (χ1v) is 8.31. The first-order valence-electron chi connectivity index (χ1n) is 7.00. The molecule has 0 saturated carbocycles. The topological polar surface area (TPSA) is 60.4 Å². The van der Waals surface area contributed by atoms with E-state index in [9.17, 15) is 14.2 Å². The molecular weight excluding hydrogens is 311 g/mol. The fourth-order valence-electron chi connectivity index (χ4n) is 2.27. The molecule has 5 heteroatoms. The molecule has 114 valence electrons. The molecule has 0 aromatic heterocycles. The van der Waals surface area contributed by atoms with Gasteiger partial charge in [0.25, 0.3) is 8.03 Å². The Balaban J connectivity index is 0.000000166. The number of para-hydroxylation sites is 1. The van der Waals surface area contributed by atoms with Crippen LogP contribution in [0.25, 0.3) is 11.1 Å². The number of hydrogen-bond donors (Lipinski definition) is 0. The number of hydrogen-bond acceptors (Lipinski definition) is 4. The summed E-state index contributed by atoms with van der Waals surface area (Å²) in [5.74, 6) is 0.481. The Kier molecular flexibility index (Phi) is 4.35. The van der Waals surface area contributed by atoms with Crippen LogP contribution in [0.4, 0.5) is 0 Å². The highest BCUT2D eigenvalue weighted by molar-refractivity contribution is 7.49. The van der Waals surface area contributed by atoms with Gasteiger partial charge in [-0.15, -0.1) is 0 Å². The van der Waals surface area contributed by atoms with Crippen LogP contribution in [0.5, 0.6) is 5.75 Å². The molecule has 1 aliphatic carbocycles. The smallest absolute Gasteiger partial charge is 0.266 e. The van der Waals surface area contributed by atoms with Crippen LogP contribution in [0, 0.1) is 0 Å². The van der Waals surface area contributed by atoms with E-state index in [0.717, 1.165) is 22.2 Å². The standard InChI is InChI=1S/C12H9O2P.C6H4O2/c13-15-12-8-4-2-6-10(12)9-5-1-3-7-11(9)14-15;7-5-1-2-6(8)4-3-5/h1-8,15H;1-4H. The molecule has 0 bridgehead atoms. The van der Waals surface area contributed by atoms with E-state index in [1.807, 2.05) is 48.5 Å². The average Bonchev–Trinajstić information content (AvgIpc) is 2.59. The molecule has 0 amide bonds. The summed E-state index contributed by atoms with van der Waals surface area (Å²) < 4.78 is 17.2. The van der Waals surface area contributed by atoms with Gasteiger partial charge >= 0.3 is 0 Å². The van der Waals surface area contributed by atoms with E-state index in [-0.39, 0.29) is 11.6 Å². The molecule has 4 rings (SSSR count). The van der Waals surface area contributed by atoms with E-state index in [1.165, 1.54) is 24.3 Å². The summed E-state index contributed by atoms with van der Waals surface area (Å²) in [6.07, 6.45) is 5.01. The fraction of sp³-hybridized carbons (Fsp3) is 0. The third kappa shape index (κ3) is 3.38. The van der Waals surface area contributed by atoms with E-state index in [0.29, 0.717) is 0 Å². The van der Waals surface area contributed by atoms with Crippen LogP contribution in [-0.4, -0.2) is 11.6 Å². The number of allylic oxidation sites excluding steroid dienone is 4. The third-order valence-electron chi connectivity index (χ3n) is 3.35. The zero-order valence-corrected chi connectivity index (χ0v) is 13.1. The van der Waals surface area contributed by atoms with Crippen molar-refractivity contribution in [2.45, 2.75) is 0 Å². The van der Waals surface area contributed by atoms with Crippen LogP contribution >= 0.6 is 8.03 Å². The molecule has 0 N–H and O–H groups in total. The molecule has 2 aliphatic rings. The minimum absolute atomic E-state index is 0.121. The number of ketones is 2. The molecule has 0 saturated heterocycles. The van der Waals surface area contributed by atoms with Gasteiger partial charge in [0.1, 0.15) is 5.75 Å². The lowest BCUT2D eigenvalue weighted by Gasteiger charge is -2.19. The van der Waals surface area contributed by atoms with Gasteiger partial charge in [-0.1, -0.05) is 36.4 Å². The molecule has 1 unspecified atom stereocenters. The van der Waals surface area contributed by atoms with Gasteiger partial charge in [0.2, 0.25) is 0 Å². The van der Waals surface area contributed by atoms with E-state index in [4.69, 9.17) is 4.52 Å². The SMILES string of the molecule is O=C1C=CC(=O)C=C1.O=[PH]1Oc2ccccc2-c2ccccc21. The summed E-state index contributed by atoms with van der Waals surface area (Å²) in [5, 5.41) is 0.821. The Morgan fingerprint density at radius 1 is 0.696 bits per heavy atom. The molecule has 23 heavy (non-hydrogen) atoms. The molecule has 2 aromatic carbocycles. The van der Waals surface area contributed by atoms with Gasteiger partial charge in [-0.05, 0) is 42.0 Å². The van der Waals surface area contributed by atoms with E-state index >= 15 is 0 Å². The zero-order chi connectivity index (χ0) is 16.2. The highest BCUT2D eigenvalue weighted by Crippen LogP contribution is 2.41. The van der Waals surface area contributed by atoms with Gasteiger partial charge < -0.3 is 4.52 Å². The fourth-order valence-corrected chi connectivity index (χ4v) is 3.43. The number of rotatable bonds is 0. The molecule has 1 heterocycles. The quantitative estimate of drug-likeness (QED) is 0.552. The highest BCUT2D eigenvalue weighted by atomic mass is 31.1. The summed E-state index contributed by atoms with van der Waals surface area (Å²) in [5.41, 5.74) is 2.06. The first kappa shape index (κ1) is 15.2. The van der Waals surface area contributed by atoms with Crippen LogP contribution in [0.1, 0.15) is 0 Å². The van der Waals surface area contributed by atoms with Crippen molar-refractivity contribution < 1.29 is 18.7 Å². The third-order valence-corrected chi connectivity index (χ3v) is 4.63. The van der Waals surface area contributed by atoms with Crippen molar-refractivity contribution in [2.75, 3.05) is 0 Å². The van der Waals surface area contributed by atoms with Gasteiger partial charge in [-0.3, -0.25) is 14.2 Å². The lowest BCUT2D eigenvalue weighted by molar-refractivity contribution is -0.113. The van der Waals surface area contributed by atoms with Gasteiger partial charge in [-0.25, -0.2) is 0 Å². The lowest BCUT2D eigenvalue weighted by Crippen LogP contribution is -2.09. The first-order chi connectivity index (χ1) is 11.1. The molecule has 0 fully saturated rings. The van der Waals surface area contributed by atoms with Gasteiger partial charge in [0, 0.05) is 5.56 Å². The van der Waals surface area contributed by atoms with Gasteiger partial charge in [0.15, 0.2) is 11.6 Å². The van der Waals surface area contributed by atoms with Crippen LogP contribution in [0.2, 0.25) is 0 Å². The number of fused-ring (bicyclic) bond motifs is 3. The van der Waals surface area contributed by atoms with Crippen molar-refractivity contribution in [3.8, 4) is 16.9 Å². The Hall–Kier alpha value is -2.71. The number of benzene rings is 2. The van der Waals surface area contributed by atoms with Crippen molar-refractivity contribution in [3.63, 3.8) is 0 Å². The minimum Gasteiger partial charge on any atom is -0.441 e. The largest absolute Gasteiger partial charge is 0.441 e. The second-order valence-corrected chi connectivity index (χ2v) is 6.22. The maximum Gasteiger partial charge on any atom is 0.266 e. The minimum atomic E-state index is -2.11. The average molecular weight is 324 g/mol. The summed E-state index contributed by atoms with van der Waals surface area (Å²) >= 11 is 0. The summed E-state index contributed by atoms with van der Waals surface area (Å²) in [4.78, 5) is 20.6. The van der Waals surface area contributed by atoms with Crippen molar-refractivity contribution in [3.05, 3.63) is 72.8 Å². The Morgan fingerprint density at radius 3 is 1.87 bits per heavy atom. The van der Waals surface area contributed by atoms with E-state index < -0.39 is 8.03 Å². The van der Waals surface area contributed by atoms with E-state index in [2.05, 4.69) is 0 Å². The predicted octanol–water partition coefficient (Wildman–Crippen LogP) is 3.10. The monoisotopic (exact) mass is 324 g/mol. The van der Waals surface area contributed by atoms with Crippen LogP contribution < -0.4 is 9.83 Å². The molecular formula is C18H13O4P. The highest BCUT2D eigenvalue weighted by Gasteiger charge is 2.20. The Bertz CT molecular complexity index is 827. The molecule has 0 spiro atoms. The maximum atomic E-state index is 11.8. The zero-order valence-electron chi connectivity index (χ0n) is 12.1. The Labute approximate surface area is 134 Å². The van der Waals surface area contributed by atoms with Crippen LogP contribution in [0.3, 0.4) is 0 Å². The normalized spacial score (nSPS) is 17.5. The van der Waals surface area contributed by atoms with Crippen LogP contribution in [0.15, 0.2) is 72.8 Å². The molecule has 2 aromatic rings. The molecule has 4 nitrogen and oxygen atoms in total. The predicted molar refractivity (Wildman–Crippen MR) is 89.4 cm³/mol. The second-order valence-electron chi connectivity index (χ2n) is 4.90. The number of carbonyl (C=O) groups is 2. The van der Waals surface area contributed by atoms with E-state index in [1.54, 1.807) is 0 Å². The van der Waals surface area contributed by atoms with Gasteiger partial charge in [-0.2, -0.15) is 0 Å². The second kappa shape index (κ2) is 6.59. The number of carbonyl (C=O) groups excluding carboxylic acids is 2.